The number of benzene rings is 1. The summed E-state index contributed by atoms with van der Waals surface area (Å²) in [5, 5.41) is -0.0902. The van der Waals surface area contributed by atoms with Crippen LogP contribution < -0.4 is 5.73 Å². The maximum Gasteiger partial charge on any atom is 0.186 e. The van der Waals surface area contributed by atoms with Crippen LogP contribution in [0.4, 0.5) is 14.5 Å². The van der Waals surface area contributed by atoms with Crippen LogP contribution in [-0.2, 0) is 4.79 Å². The number of carbonyl (C=O) groups excluding carboxylic acids is 1. The molecule has 0 spiro atoms. The van der Waals surface area contributed by atoms with Crippen molar-refractivity contribution in [2.75, 3.05) is 11.5 Å². The molecule has 0 bridgehead atoms. The van der Waals surface area contributed by atoms with Crippen molar-refractivity contribution < 1.29 is 13.6 Å². The Labute approximate surface area is 96.2 Å². The molecule has 1 aromatic carbocycles. The van der Waals surface area contributed by atoms with Crippen molar-refractivity contribution in [3.63, 3.8) is 0 Å². The summed E-state index contributed by atoms with van der Waals surface area (Å²) in [6.45, 7) is 1.40. The van der Waals surface area contributed by atoms with Crippen LogP contribution in [-0.4, -0.2) is 10.9 Å². The third-order valence-electron chi connectivity index (χ3n) is 1.63. The van der Waals surface area contributed by atoms with Gasteiger partial charge in [-0.15, -0.1) is 0 Å². The van der Waals surface area contributed by atoms with Crippen molar-refractivity contribution in [2.45, 2.75) is 6.92 Å². The Morgan fingerprint density at radius 3 is 2.50 bits per heavy atom. The minimum absolute atomic E-state index is 0.0126. The van der Waals surface area contributed by atoms with Gasteiger partial charge in [0.1, 0.15) is 11.6 Å². The quantitative estimate of drug-likeness (QED) is 0.605. The molecule has 0 aromatic heterocycles. The third kappa shape index (κ3) is 3.55. The molecule has 0 aliphatic heterocycles. The van der Waals surface area contributed by atoms with Crippen LogP contribution in [0.5, 0.6) is 0 Å². The van der Waals surface area contributed by atoms with E-state index in [0.29, 0.717) is 0 Å². The lowest BCUT2D eigenvalue weighted by Crippen LogP contribution is -1.94. The number of halogens is 2. The topological polar surface area (TPSA) is 43.1 Å². The number of anilines is 1. The number of thioether (sulfide) groups is 1. The van der Waals surface area contributed by atoms with Crippen molar-refractivity contribution >= 4 is 22.6 Å². The Hall–Kier alpha value is -1.54. The molecular weight excluding hydrogens is 232 g/mol. The zero-order chi connectivity index (χ0) is 12.1. The van der Waals surface area contributed by atoms with Gasteiger partial charge in [0.2, 0.25) is 0 Å². The molecule has 1 aromatic rings. The lowest BCUT2D eigenvalue weighted by Gasteiger charge is -1.98. The van der Waals surface area contributed by atoms with Gasteiger partial charge in [0, 0.05) is 12.6 Å². The SMILES string of the molecule is CC(=O)SCC#Cc1c(F)cc(N)cc1F. The minimum Gasteiger partial charge on any atom is -0.399 e. The van der Waals surface area contributed by atoms with Gasteiger partial charge in [-0.2, -0.15) is 0 Å². The maximum absolute atomic E-state index is 13.2. The standard InChI is InChI=1S/C11H9F2NOS/c1-7(15)16-4-2-3-9-10(12)5-8(14)6-11(9)13/h5-6H,4,14H2,1H3. The first-order valence-electron chi connectivity index (χ1n) is 4.37. The van der Waals surface area contributed by atoms with E-state index < -0.39 is 11.6 Å². The lowest BCUT2D eigenvalue weighted by molar-refractivity contribution is -0.109. The van der Waals surface area contributed by atoms with Gasteiger partial charge in [-0.1, -0.05) is 23.6 Å². The van der Waals surface area contributed by atoms with Crippen molar-refractivity contribution in [1.29, 1.82) is 0 Å². The molecule has 0 saturated heterocycles. The van der Waals surface area contributed by atoms with Crippen molar-refractivity contribution in [2.24, 2.45) is 0 Å². The zero-order valence-corrected chi connectivity index (χ0v) is 9.33. The first kappa shape index (κ1) is 12.5. The molecule has 0 aliphatic rings. The normalized spacial score (nSPS) is 9.44. The molecule has 2 N–H and O–H groups in total. The maximum atomic E-state index is 13.2. The van der Waals surface area contributed by atoms with E-state index in [1.54, 1.807) is 0 Å². The van der Waals surface area contributed by atoms with Gasteiger partial charge in [0.25, 0.3) is 0 Å². The minimum atomic E-state index is -0.794. The summed E-state index contributed by atoms with van der Waals surface area (Å²) >= 11 is 0.983. The molecule has 0 heterocycles. The van der Waals surface area contributed by atoms with Crippen LogP contribution in [0, 0.1) is 23.5 Å². The average molecular weight is 241 g/mol. The molecule has 0 amide bonds. The molecule has 0 radical (unpaired) electrons. The van der Waals surface area contributed by atoms with Gasteiger partial charge in [0.05, 0.1) is 11.3 Å². The first-order chi connectivity index (χ1) is 7.50. The number of rotatable bonds is 1. The van der Waals surface area contributed by atoms with Gasteiger partial charge in [-0.3, -0.25) is 4.79 Å². The number of hydrogen-bond donors (Lipinski definition) is 1. The molecule has 0 aliphatic carbocycles. The van der Waals surface area contributed by atoms with E-state index in [0.717, 1.165) is 23.9 Å². The van der Waals surface area contributed by atoms with E-state index in [9.17, 15) is 13.6 Å². The summed E-state index contributed by atoms with van der Waals surface area (Å²) in [6.07, 6.45) is 0. The lowest BCUT2D eigenvalue weighted by atomic mass is 10.2. The molecular formula is C11H9F2NOS. The Bertz CT molecular complexity index is 454. The second-order valence-corrected chi connectivity index (χ2v) is 4.09. The molecule has 0 fully saturated rings. The van der Waals surface area contributed by atoms with Crippen LogP contribution in [0.15, 0.2) is 12.1 Å². The molecule has 0 atom stereocenters. The molecule has 2 nitrogen and oxygen atoms in total. The number of nitrogens with two attached hydrogens (primary N) is 1. The van der Waals surface area contributed by atoms with E-state index in [4.69, 9.17) is 5.73 Å². The van der Waals surface area contributed by atoms with Gasteiger partial charge in [-0.05, 0) is 12.1 Å². The monoisotopic (exact) mass is 241 g/mol. The predicted octanol–water partition coefficient (Wildman–Crippen LogP) is 2.18. The Balaban J connectivity index is 2.84. The van der Waals surface area contributed by atoms with Gasteiger partial charge >= 0.3 is 0 Å². The summed E-state index contributed by atoms with van der Waals surface area (Å²) in [7, 11) is 0. The number of carbonyl (C=O) groups is 1. The smallest absolute Gasteiger partial charge is 0.186 e. The van der Waals surface area contributed by atoms with Gasteiger partial charge in [-0.25, -0.2) is 8.78 Å². The molecule has 0 unspecified atom stereocenters. The van der Waals surface area contributed by atoms with Gasteiger partial charge in [0.15, 0.2) is 5.12 Å². The Kier molecular flexibility index (Phi) is 4.32. The van der Waals surface area contributed by atoms with Crippen molar-refractivity contribution in [3.8, 4) is 11.8 Å². The van der Waals surface area contributed by atoms with E-state index >= 15 is 0 Å². The molecule has 16 heavy (non-hydrogen) atoms. The second-order valence-electron chi connectivity index (χ2n) is 2.94. The highest BCUT2D eigenvalue weighted by atomic mass is 32.2. The summed E-state index contributed by atoms with van der Waals surface area (Å²) < 4.78 is 26.4. The second kappa shape index (κ2) is 5.52. The molecule has 1 rings (SSSR count). The largest absolute Gasteiger partial charge is 0.399 e. The number of nitrogen functional groups attached to an aromatic ring is 1. The zero-order valence-electron chi connectivity index (χ0n) is 8.51. The van der Waals surface area contributed by atoms with Crippen LogP contribution >= 0.6 is 11.8 Å². The number of hydrogen-bond acceptors (Lipinski definition) is 3. The van der Waals surface area contributed by atoms with E-state index in [1.165, 1.54) is 6.92 Å². The summed E-state index contributed by atoms with van der Waals surface area (Å²) in [5.74, 6) is 3.46. The average Bonchev–Trinajstić information content (AvgIpc) is 2.14. The Morgan fingerprint density at radius 1 is 1.44 bits per heavy atom. The van der Waals surface area contributed by atoms with Crippen LogP contribution in [0.2, 0.25) is 0 Å². The van der Waals surface area contributed by atoms with Crippen LogP contribution in [0.1, 0.15) is 12.5 Å². The van der Waals surface area contributed by atoms with E-state index in [-0.39, 0.29) is 22.1 Å². The predicted molar refractivity (Wildman–Crippen MR) is 60.8 cm³/mol. The first-order valence-corrected chi connectivity index (χ1v) is 5.36. The summed E-state index contributed by atoms with van der Waals surface area (Å²) in [6, 6.07) is 2.01. The molecule has 5 heteroatoms. The molecule has 84 valence electrons. The van der Waals surface area contributed by atoms with Crippen molar-refractivity contribution in [1.82, 2.24) is 0 Å². The highest BCUT2D eigenvalue weighted by Crippen LogP contribution is 2.15. The fourth-order valence-electron chi connectivity index (χ4n) is 0.974. The van der Waals surface area contributed by atoms with E-state index in [1.807, 2.05) is 0 Å². The summed E-state index contributed by atoms with van der Waals surface area (Å²) in [4.78, 5) is 10.6. The highest BCUT2D eigenvalue weighted by molar-refractivity contribution is 8.13. The van der Waals surface area contributed by atoms with Crippen molar-refractivity contribution in [3.05, 3.63) is 29.3 Å². The Morgan fingerprint density at radius 2 is 2.00 bits per heavy atom. The third-order valence-corrected chi connectivity index (χ3v) is 2.32. The molecule has 0 saturated carbocycles. The fourth-order valence-corrected chi connectivity index (χ4v) is 1.32. The van der Waals surface area contributed by atoms with Crippen LogP contribution in [0.3, 0.4) is 0 Å². The highest BCUT2D eigenvalue weighted by Gasteiger charge is 2.07. The van der Waals surface area contributed by atoms with Crippen LogP contribution in [0.25, 0.3) is 0 Å². The van der Waals surface area contributed by atoms with Gasteiger partial charge < -0.3 is 5.73 Å². The fraction of sp³-hybridized carbons (Fsp3) is 0.182. The summed E-state index contributed by atoms with van der Waals surface area (Å²) in [5.41, 5.74) is 4.94. The van der Waals surface area contributed by atoms with E-state index in [2.05, 4.69) is 11.8 Å².